The van der Waals surface area contributed by atoms with Crippen molar-refractivity contribution in [3.8, 4) is 5.75 Å². The van der Waals surface area contributed by atoms with Crippen LogP contribution in [0.3, 0.4) is 0 Å². The average Bonchev–Trinajstić information content (AvgIpc) is 1.82. The molecule has 0 aliphatic heterocycles. The topological polar surface area (TPSA) is 46.2 Å². The average molecular weight is 141 g/mol. The van der Waals surface area contributed by atoms with E-state index in [0.717, 1.165) is 0 Å². The zero-order valence-electron chi connectivity index (χ0n) is 5.56. The Kier molecular flexibility index (Phi) is 1.49. The minimum absolute atomic E-state index is 0.0995. The standard InChI is InChI=1S/C7H8FNO/c1-4-6(8)2-5(9)3-7(4)10/h2-3,10H,9H2,1H3. The number of nitrogen functional groups attached to an aromatic ring is 1. The largest absolute Gasteiger partial charge is 0.507 e. The Balaban J connectivity index is 3.31. The molecule has 1 aromatic rings. The zero-order chi connectivity index (χ0) is 7.72. The van der Waals surface area contributed by atoms with E-state index in [9.17, 15) is 4.39 Å². The van der Waals surface area contributed by atoms with E-state index in [4.69, 9.17) is 10.8 Å². The summed E-state index contributed by atoms with van der Waals surface area (Å²) in [6.45, 7) is 1.49. The Labute approximate surface area is 58.1 Å². The van der Waals surface area contributed by atoms with Crippen LogP contribution in [0.1, 0.15) is 5.56 Å². The highest BCUT2D eigenvalue weighted by atomic mass is 19.1. The lowest BCUT2D eigenvalue weighted by molar-refractivity contribution is 0.463. The summed E-state index contributed by atoms with van der Waals surface area (Å²) in [7, 11) is 0. The molecule has 1 rings (SSSR count). The molecule has 0 saturated carbocycles. The summed E-state index contributed by atoms with van der Waals surface area (Å²) in [6, 6.07) is 2.49. The summed E-state index contributed by atoms with van der Waals surface area (Å²) in [4.78, 5) is 0. The molecule has 10 heavy (non-hydrogen) atoms. The number of halogens is 1. The van der Waals surface area contributed by atoms with Gasteiger partial charge in [0.25, 0.3) is 0 Å². The quantitative estimate of drug-likeness (QED) is 0.537. The Morgan fingerprint density at radius 1 is 1.50 bits per heavy atom. The van der Waals surface area contributed by atoms with Crippen molar-refractivity contribution in [1.29, 1.82) is 0 Å². The van der Waals surface area contributed by atoms with Gasteiger partial charge in [-0.05, 0) is 13.0 Å². The number of phenolic OH excluding ortho intramolecular Hbond substituents is 1. The first kappa shape index (κ1) is 6.86. The Morgan fingerprint density at radius 2 is 2.10 bits per heavy atom. The van der Waals surface area contributed by atoms with E-state index < -0.39 is 5.82 Å². The molecule has 0 heterocycles. The van der Waals surface area contributed by atoms with Gasteiger partial charge in [0.1, 0.15) is 11.6 Å². The van der Waals surface area contributed by atoms with Crippen molar-refractivity contribution in [2.24, 2.45) is 0 Å². The summed E-state index contributed by atoms with van der Waals surface area (Å²) in [5.74, 6) is -0.574. The SMILES string of the molecule is Cc1c(O)cc(N)cc1F. The number of phenols is 1. The van der Waals surface area contributed by atoms with Crippen LogP contribution in [-0.2, 0) is 0 Å². The normalized spacial score (nSPS) is 9.80. The van der Waals surface area contributed by atoms with Gasteiger partial charge >= 0.3 is 0 Å². The van der Waals surface area contributed by atoms with Crippen molar-refractivity contribution in [2.75, 3.05) is 5.73 Å². The summed E-state index contributed by atoms with van der Waals surface area (Å²) >= 11 is 0. The smallest absolute Gasteiger partial charge is 0.131 e. The Morgan fingerprint density at radius 3 is 2.60 bits per heavy atom. The van der Waals surface area contributed by atoms with Crippen molar-refractivity contribution in [3.63, 3.8) is 0 Å². The summed E-state index contributed by atoms with van der Waals surface area (Å²) < 4.78 is 12.6. The first-order chi connectivity index (χ1) is 4.61. The minimum atomic E-state index is -0.475. The van der Waals surface area contributed by atoms with Crippen molar-refractivity contribution in [1.82, 2.24) is 0 Å². The third-order valence-corrected chi connectivity index (χ3v) is 1.34. The van der Waals surface area contributed by atoms with Crippen molar-refractivity contribution in [3.05, 3.63) is 23.5 Å². The molecular weight excluding hydrogens is 133 g/mol. The van der Waals surface area contributed by atoms with Gasteiger partial charge in [-0.25, -0.2) is 4.39 Å². The van der Waals surface area contributed by atoms with E-state index in [1.54, 1.807) is 0 Å². The summed E-state index contributed by atoms with van der Waals surface area (Å²) in [6.07, 6.45) is 0. The van der Waals surface area contributed by atoms with Crippen LogP contribution in [0, 0.1) is 12.7 Å². The highest BCUT2D eigenvalue weighted by molar-refractivity contribution is 5.47. The van der Waals surface area contributed by atoms with Crippen molar-refractivity contribution in [2.45, 2.75) is 6.92 Å². The van der Waals surface area contributed by atoms with Crippen LogP contribution in [0.25, 0.3) is 0 Å². The molecule has 54 valence electrons. The molecule has 0 amide bonds. The molecule has 0 spiro atoms. The molecule has 0 radical (unpaired) electrons. The number of anilines is 1. The fourth-order valence-electron chi connectivity index (χ4n) is 0.685. The monoisotopic (exact) mass is 141 g/mol. The van der Waals surface area contributed by atoms with E-state index in [1.807, 2.05) is 0 Å². The van der Waals surface area contributed by atoms with Crippen LogP contribution in [0.4, 0.5) is 10.1 Å². The molecule has 0 atom stereocenters. The van der Waals surface area contributed by atoms with Crippen LogP contribution < -0.4 is 5.73 Å². The van der Waals surface area contributed by atoms with Crippen LogP contribution >= 0.6 is 0 Å². The lowest BCUT2D eigenvalue weighted by Crippen LogP contribution is -1.89. The molecule has 0 saturated heterocycles. The second-order valence-corrected chi connectivity index (χ2v) is 2.15. The minimum Gasteiger partial charge on any atom is -0.507 e. The van der Waals surface area contributed by atoms with Gasteiger partial charge in [0.2, 0.25) is 0 Å². The zero-order valence-corrected chi connectivity index (χ0v) is 5.56. The van der Waals surface area contributed by atoms with Crippen LogP contribution in [-0.4, -0.2) is 5.11 Å². The van der Waals surface area contributed by atoms with Gasteiger partial charge in [-0.3, -0.25) is 0 Å². The van der Waals surface area contributed by atoms with Gasteiger partial charge in [0.15, 0.2) is 0 Å². The maximum absolute atomic E-state index is 12.6. The van der Waals surface area contributed by atoms with E-state index in [0.29, 0.717) is 0 Å². The lowest BCUT2D eigenvalue weighted by atomic mass is 10.2. The number of aromatic hydroxyl groups is 1. The molecule has 2 nitrogen and oxygen atoms in total. The van der Waals surface area contributed by atoms with Crippen LogP contribution in [0.5, 0.6) is 5.75 Å². The fraction of sp³-hybridized carbons (Fsp3) is 0.143. The maximum atomic E-state index is 12.6. The van der Waals surface area contributed by atoms with E-state index >= 15 is 0 Å². The van der Waals surface area contributed by atoms with Crippen LogP contribution in [0.2, 0.25) is 0 Å². The molecule has 3 heteroatoms. The number of nitrogens with two attached hydrogens (primary N) is 1. The second kappa shape index (κ2) is 2.17. The van der Waals surface area contributed by atoms with E-state index in [2.05, 4.69) is 0 Å². The third kappa shape index (κ3) is 1.03. The molecule has 0 unspecified atom stereocenters. The Bertz CT molecular complexity index is 237. The fourth-order valence-corrected chi connectivity index (χ4v) is 0.685. The number of hydrogen-bond acceptors (Lipinski definition) is 2. The summed E-state index contributed by atoms with van der Waals surface area (Å²) in [5, 5.41) is 8.96. The van der Waals surface area contributed by atoms with Crippen molar-refractivity contribution >= 4 is 5.69 Å². The van der Waals surface area contributed by atoms with Gasteiger partial charge in [-0.15, -0.1) is 0 Å². The number of hydrogen-bond donors (Lipinski definition) is 2. The van der Waals surface area contributed by atoms with Crippen LogP contribution in [0.15, 0.2) is 12.1 Å². The first-order valence-electron chi connectivity index (χ1n) is 2.86. The molecule has 1 aromatic carbocycles. The maximum Gasteiger partial charge on any atom is 0.131 e. The van der Waals surface area contributed by atoms with E-state index in [1.165, 1.54) is 19.1 Å². The molecule has 3 N–H and O–H groups in total. The molecule has 0 aliphatic rings. The molecule has 0 bridgehead atoms. The van der Waals surface area contributed by atoms with Gasteiger partial charge in [0, 0.05) is 17.3 Å². The molecule has 0 aliphatic carbocycles. The molecular formula is C7H8FNO. The predicted molar refractivity (Wildman–Crippen MR) is 37.2 cm³/mol. The summed E-state index contributed by atoms with van der Waals surface area (Å²) in [5.41, 5.74) is 5.70. The second-order valence-electron chi connectivity index (χ2n) is 2.15. The lowest BCUT2D eigenvalue weighted by Gasteiger charge is -2.00. The van der Waals surface area contributed by atoms with Gasteiger partial charge in [-0.2, -0.15) is 0 Å². The van der Waals surface area contributed by atoms with Gasteiger partial charge in [0.05, 0.1) is 0 Å². The molecule has 0 aromatic heterocycles. The van der Waals surface area contributed by atoms with Crippen molar-refractivity contribution < 1.29 is 9.50 Å². The molecule has 0 fully saturated rings. The predicted octanol–water partition coefficient (Wildman–Crippen LogP) is 1.42. The number of rotatable bonds is 0. The third-order valence-electron chi connectivity index (χ3n) is 1.34. The Hall–Kier alpha value is -1.25. The van der Waals surface area contributed by atoms with Gasteiger partial charge in [-0.1, -0.05) is 0 Å². The number of benzene rings is 1. The first-order valence-corrected chi connectivity index (χ1v) is 2.86. The van der Waals surface area contributed by atoms with E-state index in [-0.39, 0.29) is 17.0 Å². The van der Waals surface area contributed by atoms with Gasteiger partial charge < -0.3 is 10.8 Å². The highest BCUT2D eigenvalue weighted by Gasteiger charge is 2.02. The highest BCUT2D eigenvalue weighted by Crippen LogP contribution is 2.21.